The van der Waals surface area contributed by atoms with Gasteiger partial charge in [0.1, 0.15) is 5.75 Å². The summed E-state index contributed by atoms with van der Waals surface area (Å²) in [6, 6.07) is 18.3. The maximum atomic E-state index is 12.8. The van der Waals surface area contributed by atoms with Gasteiger partial charge in [-0.1, -0.05) is 42.5 Å². The van der Waals surface area contributed by atoms with Gasteiger partial charge in [0.25, 0.3) is 0 Å². The van der Waals surface area contributed by atoms with Crippen LogP contribution in [-0.2, 0) is 11.2 Å². The summed E-state index contributed by atoms with van der Waals surface area (Å²) in [7, 11) is 1.65. The van der Waals surface area contributed by atoms with Crippen molar-refractivity contribution < 1.29 is 9.53 Å². The van der Waals surface area contributed by atoms with Crippen molar-refractivity contribution >= 4 is 5.91 Å². The second kappa shape index (κ2) is 8.83. The lowest BCUT2D eigenvalue weighted by molar-refractivity contribution is -0.125. The van der Waals surface area contributed by atoms with Crippen molar-refractivity contribution in [2.75, 3.05) is 13.7 Å². The molecule has 5 nitrogen and oxygen atoms in total. The van der Waals surface area contributed by atoms with Gasteiger partial charge in [0, 0.05) is 12.6 Å². The highest BCUT2D eigenvalue weighted by Crippen LogP contribution is 2.26. The fourth-order valence-electron chi connectivity index (χ4n) is 3.32. The molecule has 1 saturated heterocycles. The summed E-state index contributed by atoms with van der Waals surface area (Å²) >= 11 is 0. The lowest BCUT2D eigenvalue weighted by Gasteiger charge is -2.21. The second-order valence-corrected chi connectivity index (χ2v) is 6.82. The molecule has 3 atom stereocenters. The molecule has 1 aliphatic rings. The van der Waals surface area contributed by atoms with Crippen LogP contribution in [0, 0.1) is 5.92 Å². The Kier molecular flexibility index (Phi) is 6.26. The molecule has 1 amide bonds. The lowest BCUT2D eigenvalue weighted by Crippen LogP contribution is -2.40. The van der Waals surface area contributed by atoms with Crippen molar-refractivity contribution in [1.82, 2.24) is 16.2 Å². The van der Waals surface area contributed by atoms with Gasteiger partial charge in [0.15, 0.2) is 0 Å². The van der Waals surface area contributed by atoms with Crippen LogP contribution in [0.2, 0.25) is 0 Å². The van der Waals surface area contributed by atoms with Gasteiger partial charge in [0.05, 0.1) is 19.1 Å². The third kappa shape index (κ3) is 4.62. The van der Waals surface area contributed by atoms with Gasteiger partial charge in [-0.15, -0.1) is 0 Å². The number of hydrogen-bond donors (Lipinski definition) is 3. The van der Waals surface area contributed by atoms with E-state index in [1.807, 2.05) is 42.5 Å². The van der Waals surface area contributed by atoms with E-state index in [1.165, 1.54) is 5.56 Å². The molecule has 2 aromatic carbocycles. The van der Waals surface area contributed by atoms with Crippen LogP contribution < -0.4 is 20.9 Å². The predicted octanol–water partition coefficient (Wildman–Crippen LogP) is 2.60. The van der Waals surface area contributed by atoms with E-state index in [1.54, 1.807) is 7.11 Å². The van der Waals surface area contributed by atoms with Crippen molar-refractivity contribution in [3.8, 4) is 5.75 Å². The number of nitrogens with one attached hydrogen (secondary N) is 3. The third-order valence-corrected chi connectivity index (χ3v) is 4.89. The fraction of sp³-hybridized carbons (Fsp3) is 0.381. The molecule has 138 valence electrons. The van der Waals surface area contributed by atoms with Crippen molar-refractivity contribution in [3.05, 3.63) is 65.7 Å². The first kappa shape index (κ1) is 18.4. The second-order valence-electron chi connectivity index (χ2n) is 6.82. The van der Waals surface area contributed by atoms with E-state index in [2.05, 4.69) is 35.2 Å². The first-order valence-corrected chi connectivity index (χ1v) is 9.14. The van der Waals surface area contributed by atoms with E-state index < -0.39 is 0 Å². The van der Waals surface area contributed by atoms with Crippen LogP contribution in [0.25, 0.3) is 0 Å². The summed E-state index contributed by atoms with van der Waals surface area (Å²) in [5.74, 6) is 0.765. The molecule has 26 heavy (non-hydrogen) atoms. The normalized spacial score (nSPS) is 20.5. The number of benzene rings is 2. The van der Waals surface area contributed by atoms with E-state index >= 15 is 0 Å². The van der Waals surface area contributed by atoms with E-state index in [0.29, 0.717) is 6.54 Å². The molecule has 3 unspecified atom stereocenters. The number of ether oxygens (including phenoxy) is 1. The number of rotatable bonds is 7. The summed E-state index contributed by atoms with van der Waals surface area (Å²) in [6.45, 7) is 2.69. The Hall–Kier alpha value is -2.37. The number of hydrazine groups is 1. The number of methoxy groups -OCH3 is 1. The van der Waals surface area contributed by atoms with Crippen LogP contribution in [0.15, 0.2) is 54.6 Å². The minimum absolute atomic E-state index is 0.0396. The lowest BCUT2D eigenvalue weighted by atomic mass is 9.93. The number of carbonyl (C=O) groups is 1. The van der Waals surface area contributed by atoms with Crippen molar-refractivity contribution in [3.63, 3.8) is 0 Å². The number of hydrogen-bond acceptors (Lipinski definition) is 4. The zero-order valence-electron chi connectivity index (χ0n) is 15.4. The SMILES string of the molecule is COc1ccc(C2NNCC2C(=O)NC(C)CCc2ccccc2)cc1. The van der Waals surface area contributed by atoms with Crippen LogP contribution in [0.5, 0.6) is 5.75 Å². The van der Waals surface area contributed by atoms with E-state index in [0.717, 1.165) is 24.2 Å². The zero-order valence-corrected chi connectivity index (χ0v) is 15.4. The molecule has 3 N–H and O–H groups in total. The summed E-state index contributed by atoms with van der Waals surface area (Å²) in [5.41, 5.74) is 8.72. The minimum atomic E-state index is -0.137. The molecule has 0 aliphatic carbocycles. The molecule has 1 heterocycles. The molecule has 0 aromatic heterocycles. The highest BCUT2D eigenvalue weighted by atomic mass is 16.5. The van der Waals surface area contributed by atoms with Gasteiger partial charge in [0.2, 0.25) is 5.91 Å². The minimum Gasteiger partial charge on any atom is -0.497 e. The Balaban J connectivity index is 1.55. The summed E-state index contributed by atoms with van der Waals surface area (Å²) in [6.07, 6.45) is 1.89. The van der Waals surface area contributed by atoms with Crippen molar-refractivity contribution in [2.45, 2.75) is 31.8 Å². The molecule has 3 rings (SSSR count). The van der Waals surface area contributed by atoms with E-state index in [4.69, 9.17) is 4.74 Å². The van der Waals surface area contributed by atoms with Gasteiger partial charge in [-0.25, -0.2) is 5.43 Å². The molecule has 0 bridgehead atoms. The van der Waals surface area contributed by atoms with E-state index in [9.17, 15) is 4.79 Å². The Bertz CT molecular complexity index is 703. The Morgan fingerprint density at radius 2 is 1.92 bits per heavy atom. The molecule has 0 radical (unpaired) electrons. The van der Waals surface area contributed by atoms with Crippen LogP contribution in [-0.4, -0.2) is 25.6 Å². The van der Waals surface area contributed by atoms with Crippen LogP contribution in [0.4, 0.5) is 0 Å². The quantitative estimate of drug-likeness (QED) is 0.716. The Morgan fingerprint density at radius 3 is 2.62 bits per heavy atom. The van der Waals surface area contributed by atoms with Crippen LogP contribution in [0.1, 0.15) is 30.5 Å². The average Bonchev–Trinajstić information content (AvgIpc) is 3.17. The molecular weight excluding hydrogens is 326 g/mol. The summed E-state index contributed by atoms with van der Waals surface area (Å²) < 4.78 is 5.21. The van der Waals surface area contributed by atoms with Gasteiger partial charge in [-0.05, 0) is 43.0 Å². The van der Waals surface area contributed by atoms with E-state index in [-0.39, 0.29) is 23.9 Å². The number of aryl methyl sites for hydroxylation is 1. The zero-order chi connectivity index (χ0) is 18.4. The first-order valence-electron chi connectivity index (χ1n) is 9.14. The summed E-state index contributed by atoms with van der Waals surface area (Å²) in [4.78, 5) is 12.8. The standard InChI is InChI=1S/C21H27N3O2/c1-15(8-9-16-6-4-3-5-7-16)23-21(25)19-14-22-24-20(19)17-10-12-18(26-2)13-11-17/h3-7,10-13,15,19-20,22,24H,8-9,14H2,1-2H3,(H,23,25). The summed E-state index contributed by atoms with van der Waals surface area (Å²) in [5, 5.41) is 3.17. The van der Waals surface area contributed by atoms with Crippen molar-refractivity contribution in [2.24, 2.45) is 5.92 Å². The van der Waals surface area contributed by atoms with Gasteiger partial charge >= 0.3 is 0 Å². The predicted molar refractivity (Wildman–Crippen MR) is 103 cm³/mol. The Morgan fingerprint density at radius 1 is 1.19 bits per heavy atom. The maximum absolute atomic E-state index is 12.8. The van der Waals surface area contributed by atoms with Crippen LogP contribution in [0.3, 0.4) is 0 Å². The molecule has 2 aromatic rings. The monoisotopic (exact) mass is 353 g/mol. The van der Waals surface area contributed by atoms with Crippen molar-refractivity contribution in [1.29, 1.82) is 0 Å². The van der Waals surface area contributed by atoms with Gasteiger partial charge < -0.3 is 10.1 Å². The molecule has 1 fully saturated rings. The molecule has 5 heteroatoms. The third-order valence-electron chi connectivity index (χ3n) is 4.89. The largest absolute Gasteiger partial charge is 0.497 e. The van der Waals surface area contributed by atoms with Crippen LogP contribution >= 0.6 is 0 Å². The smallest absolute Gasteiger partial charge is 0.226 e. The van der Waals surface area contributed by atoms with Gasteiger partial charge in [-0.3, -0.25) is 10.2 Å². The molecule has 0 spiro atoms. The number of amides is 1. The molecular formula is C21H27N3O2. The van der Waals surface area contributed by atoms with Gasteiger partial charge in [-0.2, -0.15) is 0 Å². The fourth-order valence-corrected chi connectivity index (χ4v) is 3.32. The molecule has 1 aliphatic heterocycles. The first-order chi connectivity index (χ1) is 12.7. The highest BCUT2D eigenvalue weighted by Gasteiger charge is 2.34. The number of carbonyl (C=O) groups excluding carboxylic acids is 1. The Labute approximate surface area is 155 Å². The average molecular weight is 353 g/mol. The molecule has 0 saturated carbocycles. The highest BCUT2D eigenvalue weighted by molar-refractivity contribution is 5.80. The topological polar surface area (TPSA) is 62.4 Å². The maximum Gasteiger partial charge on any atom is 0.226 e.